The fourth-order valence-electron chi connectivity index (χ4n) is 2.19. The van der Waals surface area contributed by atoms with Crippen molar-refractivity contribution in [2.75, 3.05) is 7.05 Å². The highest BCUT2D eigenvalue weighted by Gasteiger charge is 2.10. The van der Waals surface area contributed by atoms with Crippen molar-refractivity contribution in [2.45, 2.75) is 6.92 Å². The van der Waals surface area contributed by atoms with Crippen LogP contribution in [-0.2, 0) is 0 Å². The Kier molecular flexibility index (Phi) is 4.48. The molecule has 0 aliphatic rings. The minimum absolute atomic E-state index is 0.271. The molecule has 1 aromatic heterocycles. The zero-order valence-corrected chi connectivity index (χ0v) is 13.7. The summed E-state index contributed by atoms with van der Waals surface area (Å²) in [6.07, 6.45) is 1.76. The molecular weight excluding hydrogens is 309 g/mol. The van der Waals surface area contributed by atoms with Crippen LogP contribution in [0.5, 0.6) is 0 Å². The van der Waals surface area contributed by atoms with E-state index in [1.54, 1.807) is 30.1 Å². The molecule has 23 heavy (non-hydrogen) atoms. The Hall–Kier alpha value is -2.53. The number of nitrogens with zero attached hydrogens (tertiary/aromatic N) is 3. The van der Waals surface area contributed by atoms with Gasteiger partial charge in [0.1, 0.15) is 5.82 Å². The molecule has 0 unspecified atom stereocenters. The Labute approximate surface area is 138 Å². The van der Waals surface area contributed by atoms with Crippen molar-refractivity contribution in [2.24, 2.45) is 10.1 Å². The number of thiazole rings is 1. The topological polar surface area (TPSA) is 29.6 Å². The van der Waals surface area contributed by atoms with Crippen LogP contribution in [0.25, 0.3) is 11.3 Å². The zero-order chi connectivity index (χ0) is 16.2. The van der Waals surface area contributed by atoms with Gasteiger partial charge in [0.25, 0.3) is 0 Å². The largest absolute Gasteiger partial charge is 0.261 e. The molecule has 0 aliphatic carbocycles. The number of hydrogen-bond acceptors (Lipinski definition) is 3. The average molecular weight is 325 g/mol. The van der Waals surface area contributed by atoms with E-state index in [4.69, 9.17) is 0 Å². The first-order valence-corrected chi connectivity index (χ1v) is 8.06. The van der Waals surface area contributed by atoms with Gasteiger partial charge in [0.2, 0.25) is 4.80 Å². The molecule has 0 atom stereocenters. The van der Waals surface area contributed by atoms with Gasteiger partial charge in [-0.15, -0.1) is 11.3 Å². The fraction of sp³-hybridized carbons (Fsp3) is 0.111. The van der Waals surface area contributed by atoms with E-state index in [1.165, 1.54) is 23.0 Å². The third-order valence-electron chi connectivity index (χ3n) is 3.43. The van der Waals surface area contributed by atoms with Crippen LogP contribution in [0, 0.1) is 12.7 Å². The van der Waals surface area contributed by atoms with Gasteiger partial charge < -0.3 is 0 Å². The molecule has 3 aromatic rings. The van der Waals surface area contributed by atoms with E-state index in [-0.39, 0.29) is 5.82 Å². The first kappa shape index (κ1) is 15.4. The third kappa shape index (κ3) is 3.29. The summed E-state index contributed by atoms with van der Waals surface area (Å²) in [5.41, 5.74) is 3.38. The summed E-state index contributed by atoms with van der Waals surface area (Å²) in [5, 5.41) is 6.36. The molecule has 0 bridgehead atoms. The SMILES string of the molecule is CN=c1scc(-c2ccccc2F)n1/N=C\c1ccc(C)cc1. The summed E-state index contributed by atoms with van der Waals surface area (Å²) in [7, 11) is 1.70. The van der Waals surface area contributed by atoms with Crippen LogP contribution in [0.4, 0.5) is 4.39 Å². The van der Waals surface area contributed by atoms with Crippen molar-refractivity contribution < 1.29 is 4.39 Å². The Morgan fingerprint density at radius 3 is 2.52 bits per heavy atom. The highest BCUT2D eigenvalue weighted by atomic mass is 32.1. The summed E-state index contributed by atoms with van der Waals surface area (Å²) in [6, 6.07) is 14.7. The monoisotopic (exact) mass is 325 g/mol. The minimum Gasteiger partial charge on any atom is -0.261 e. The Bertz CT molecular complexity index is 905. The molecule has 0 radical (unpaired) electrons. The molecule has 2 aromatic carbocycles. The number of aryl methyl sites for hydroxylation is 1. The molecule has 116 valence electrons. The first-order valence-electron chi connectivity index (χ1n) is 7.18. The van der Waals surface area contributed by atoms with Gasteiger partial charge in [0.15, 0.2) is 0 Å². The van der Waals surface area contributed by atoms with E-state index >= 15 is 0 Å². The lowest BCUT2D eigenvalue weighted by molar-refractivity contribution is 0.629. The van der Waals surface area contributed by atoms with Gasteiger partial charge in [-0.05, 0) is 24.6 Å². The van der Waals surface area contributed by atoms with E-state index in [0.29, 0.717) is 16.1 Å². The normalized spacial score (nSPS) is 12.2. The van der Waals surface area contributed by atoms with Gasteiger partial charge in [-0.3, -0.25) is 4.99 Å². The van der Waals surface area contributed by atoms with E-state index in [1.807, 2.05) is 42.6 Å². The molecule has 0 N–H and O–H groups in total. The summed E-state index contributed by atoms with van der Waals surface area (Å²) in [5.74, 6) is -0.271. The molecule has 0 aliphatic heterocycles. The second-order valence-electron chi connectivity index (χ2n) is 5.07. The second kappa shape index (κ2) is 6.71. The summed E-state index contributed by atoms with van der Waals surface area (Å²) >= 11 is 1.43. The average Bonchev–Trinajstić information content (AvgIpc) is 2.97. The number of benzene rings is 2. The second-order valence-corrected chi connectivity index (χ2v) is 5.91. The van der Waals surface area contributed by atoms with E-state index < -0.39 is 0 Å². The van der Waals surface area contributed by atoms with Crippen LogP contribution in [0.15, 0.2) is 64.0 Å². The number of rotatable bonds is 3. The molecule has 3 nitrogen and oxygen atoms in total. The molecule has 5 heteroatoms. The van der Waals surface area contributed by atoms with Crippen LogP contribution >= 0.6 is 11.3 Å². The fourth-order valence-corrected chi connectivity index (χ4v) is 2.99. The van der Waals surface area contributed by atoms with Gasteiger partial charge in [-0.1, -0.05) is 42.0 Å². The predicted molar refractivity (Wildman–Crippen MR) is 93.4 cm³/mol. The van der Waals surface area contributed by atoms with Gasteiger partial charge in [0.05, 0.1) is 11.9 Å². The standard InChI is InChI=1S/C18H16FN3S/c1-13-7-9-14(10-8-13)11-21-22-17(12-23-18(22)20-2)15-5-3-4-6-16(15)19/h3-12H,1-2H3/b20-18?,21-11-. The quantitative estimate of drug-likeness (QED) is 0.650. The molecule has 0 amide bonds. The maximum Gasteiger partial charge on any atom is 0.205 e. The molecule has 3 rings (SSSR count). The molecule has 0 fully saturated rings. The van der Waals surface area contributed by atoms with Crippen molar-refractivity contribution in [3.63, 3.8) is 0 Å². The van der Waals surface area contributed by atoms with Gasteiger partial charge in [0, 0.05) is 18.0 Å². The number of hydrogen-bond donors (Lipinski definition) is 0. The van der Waals surface area contributed by atoms with Crippen molar-refractivity contribution in [3.8, 4) is 11.3 Å². The van der Waals surface area contributed by atoms with Crippen molar-refractivity contribution in [1.29, 1.82) is 0 Å². The van der Waals surface area contributed by atoms with Crippen LogP contribution < -0.4 is 4.80 Å². The summed E-state index contributed by atoms with van der Waals surface area (Å²) in [4.78, 5) is 4.93. The highest BCUT2D eigenvalue weighted by molar-refractivity contribution is 7.07. The Morgan fingerprint density at radius 2 is 1.83 bits per heavy atom. The van der Waals surface area contributed by atoms with Crippen molar-refractivity contribution >= 4 is 17.6 Å². The lowest BCUT2D eigenvalue weighted by Crippen LogP contribution is -2.11. The third-order valence-corrected chi connectivity index (χ3v) is 4.33. The van der Waals surface area contributed by atoms with Crippen LogP contribution in [-0.4, -0.2) is 17.9 Å². The summed E-state index contributed by atoms with van der Waals surface area (Å²) in [6.45, 7) is 2.04. The number of halogens is 1. The smallest absolute Gasteiger partial charge is 0.205 e. The Balaban J connectivity index is 2.07. The van der Waals surface area contributed by atoms with E-state index in [2.05, 4.69) is 10.1 Å². The zero-order valence-electron chi connectivity index (χ0n) is 12.9. The van der Waals surface area contributed by atoms with Crippen LogP contribution in [0.3, 0.4) is 0 Å². The Morgan fingerprint density at radius 1 is 1.09 bits per heavy atom. The summed E-state index contributed by atoms with van der Waals surface area (Å²) < 4.78 is 15.8. The molecule has 1 heterocycles. The lowest BCUT2D eigenvalue weighted by Gasteiger charge is -2.04. The first-order chi connectivity index (χ1) is 11.2. The lowest BCUT2D eigenvalue weighted by atomic mass is 10.1. The van der Waals surface area contributed by atoms with Gasteiger partial charge >= 0.3 is 0 Å². The van der Waals surface area contributed by atoms with E-state index in [9.17, 15) is 4.39 Å². The van der Waals surface area contributed by atoms with E-state index in [0.717, 1.165) is 5.56 Å². The van der Waals surface area contributed by atoms with Crippen LogP contribution in [0.2, 0.25) is 0 Å². The highest BCUT2D eigenvalue weighted by Crippen LogP contribution is 2.23. The molecule has 0 saturated heterocycles. The maximum atomic E-state index is 14.1. The van der Waals surface area contributed by atoms with Gasteiger partial charge in [-0.25, -0.2) is 9.07 Å². The molecule has 0 saturated carbocycles. The molecular formula is C18H16FN3S. The minimum atomic E-state index is -0.271. The predicted octanol–water partition coefficient (Wildman–Crippen LogP) is 4.08. The van der Waals surface area contributed by atoms with Crippen molar-refractivity contribution in [1.82, 2.24) is 4.68 Å². The molecule has 0 spiro atoms. The number of aromatic nitrogens is 1. The maximum absolute atomic E-state index is 14.1. The van der Waals surface area contributed by atoms with Crippen molar-refractivity contribution in [3.05, 3.63) is 75.7 Å². The van der Waals surface area contributed by atoms with Gasteiger partial charge in [-0.2, -0.15) is 5.10 Å². The van der Waals surface area contributed by atoms with Crippen LogP contribution in [0.1, 0.15) is 11.1 Å².